The Balaban J connectivity index is 2.36. The molecule has 0 bridgehead atoms. The summed E-state index contributed by atoms with van der Waals surface area (Å²) in [6.07, 6.45) is -9.69. The van der Waals surface area contributed by atoms with Crippen molar-refractivity contribution in [3.63, 3.8) is 0 Å². The fourth-order valence-electron chi connectivity index (χ4n) is 1.52. The van der Waals surface area contributed by atoms with Crippen LogP contribution in [-0.2, 0) is 12.4 Å². The van der Waals surface area contributed by atoms with Crippen molar-refractivity contribution in [1.29, 1.82) is 0 Å². The molecule has 1 heterocycles. The summed E-state index contributed by atoms with van der Waals surface area (Å²) >= 11 is 0.0685. The van der Waals surface area contributed by atoms with E-state index < -0.39 is 45.4 Å². The summed E-state index contributed by atoms with van der Waals surface area (Å²) in [6.45, 7) is 0. The van der Waals surface area contributed by atoms with E-state index in [0.717, 1.165) is 18.2 Å². The molecule has 2 aromatic rings. The first-order valence-electron chi connectivity index (χ1n) is 5.65. The second kappa shape index (κ2) is 5.72. The highest BCUT2D eigenvalue weighted by Gasteiger charge is 2.40. The van der Waals surface area contributed by atoms with Crippen LogP contribution in [0.5, 0.6) is 10.9 Å². The Hall–Kier alpha value is -2.30. The second-order valence-corrected chi connectivity index (χ2v) is 5.05. The number of carboxylic acids is 1. The average Bonchev–Trinajstić information content (AvgIpc) is 2.82. The van der Waals surface area contributed by atoms with E-state index in [4.69, 9.17) is 9.84 Å². The summed E-state index contributed by atoms with van der Waals surface area (Å²) in [6, 6.07) is 3.38. The van der Waals surface area contributed by atoms with Crippen molar-refractivity contribution in [2.75, 3.05) is 0 Å². The van der Waals surface area contributed by atoms with E-state index in [2.05, 4.69) is 4.98 Å². The highest BCUT2D eigenvalue weighted by Crippen LogP contribution is 2.39. The summed E-state index contributed by atoms with van der Waals surface area (Å²) in [5.41, 5.74) is -2.74. The van der Waals surface area contributed by atoms with Crippen molar-refractivity contribution in [3.8, 4) is 10.9 Å². The molecule has 0 amide bonds. The van der Waals surface area contributed by atoms with E-state index in [1.807, 2.05) is 0 Å². The Kier molecular flexibility index (Phi) is 4.24. The zero-order valence-electron chi connectivity index (χ0n) is 10.7. The minimum absolute atomic E-state index is 0.0685. The van der Waals surface area contributed by atoms with Crippen molar-refractivity contribution in [2.45, 2.75) is 12.4 Å². The summed E-state index contributed by atoms with van der Waals surface area (Å²) in [5.74, 6) is -2.28. The lowest BCUT2D eigenvalue weighted by Crippen LogP contribution is -2.11. The number of nitrogens with zero attached hydrogens (tertiary/aromatic N) is 1. The molecule has 1 aromatic heterocycles. The summed E-state index contributed by atoms with van der Waals surface area (Å²) in [7, 11) is 0. The lowest BCUT2D eigenvalue weighted by atomic mass is 10.2. The van der Waals surface area contributed by atoms with E-state index >= 15 is 0 Å². The molecule has 4 nitrogen and oxygen atoms in total. The van der Waals surface area contributed by atoms with Crippen LogP contribution in [0.2, 0.25) is 0 Å². The number of rotatable bonds is 3. The first kappa shape index (κ1) is 17.1. The largest absolute Gasteiger partial charge is 0.477 e. The highest BCUT2D eigenvalue weighted by atomic mass is 32.1. The molecule has 0 unspecified atom stereocenters. The van der Waals surface area contributed by atoms with E-state index in [1.54, 1.807) is 0 Å². The molecule has 0 saturated heterocycles. The summed E-state index contributed by atoms with van der Waals surface area (Å²) in [4.78, 5) is 12.7. The monoisotopic (exact) mass is 357 g/mol. The van der Waals surface area contributed by atoms with E-state index in [-0.39, 0.29) is 11.3 Å². The first-order chi connectivity index (χ1) is 10.5. The molecule has 0 radical (unpaired) electrons. The Labute approximate surface area is 128 Å². The van der Waals surface area contributed by atoms with E-state index in [9.17, 15) is 31.1 Å². The lowest BCUT2D eigenvalue weighted by molar-refractivity contribution is -0.141. The van der Waals surface area contributed by atoms with Crippen molar-refractivity contribution in [1.82, 2.24) is 4.98 Å². The quantitative estimate of drug-likeness (QED) is 0.811. The van der Waals surface area contributed by atoms with Crippen LogP contribution in [0, 0.1) is 0 Å². The van der Waals surface area contributed by atoms with Gasteiger partial charge in [-0.3, -0.25) is 0 Å². The molecule has 11 heteroatoms. The van der Waals surface area contributed by atoms with Gasteiger partial charge in [-0.05, 0) is 18.2 Å². The number of carboxylic acid groups (broad SMARTS) is 1. The molecule has 0 aliphatic carbocycles. The lowest BCUT2D eigenvalue weighted by Gasteiger charge is -2.08. The molecule has 124 valence electrons. The number of benzene rings is 1. The first-order valence-corrected chi connectivity index (χ1v) is 6.46. The van der Waals surface area contributed by atoms with Gasteiger partial charge in [0.2, 0.25) is 0 Å². The number of aromatic carboxylic acids is 1. The molecule has 23 heavy (non-hydrogen) atoms. The molecular formula is C12H5F6NO3S. The maximum Gasteiger partial charge on any atom is 0.435 e. The Bertz CT molecular complexity index is 737. The molecular weight excluding hydrogens is 352 g/mol. The maximum absolute atomic E-state index is 12.7. The van der Waals surface area contributed by atoms with Crippen molar-refractivity contribution in [2.24, 2.45) is 0 Å². The van der Waals surface area contributed by atoms with Crippen LogP contribution in [0.3, 0.4) is 0 Å². The van der Waals surface area contributed by atoms with Crippen LogP contribution in [0.15, 0.2) is 24.3 Å². The Morgan fingerprint density at radius 3 is 2.26 bits per heavy atom. The van der Waals surface area contributed by atoms with Gasteiger partial charge in [-0.15, -0.1) is 0 Å². The topological polar surface area (TPSA) is 59.4 Å². The van der Waals surface area contributed by atoms with Gasteiger partial charge in [0.05, 0.1) is 5.56 Å². The van der Waals surface area contributed by atoms with Gasteiger partial charge in [-0.1, -0.05) is 17.4 Å². The molecule has 2 rings (SSSR count). The predicted molar refractivity (Wildman–Crippen MR) is 65.6 cm³/mol. The summed E-state index contributed by atoms with van der Waals surface area (Å²) < 4.78 is 80.4. The number of aromatic nitrogens is 1. The molecule has 1 aromatic carbocycles. The average molecular weight is 357 g/mol. The number of alkyl halides is 6. The van der Waals surface area contributed by atoms with E-state index in [0.29, 0.717) is 6.07 Å². The van der Waals surface area contributed by atoms with Crippen LogP contribution in [-0.4, -0.2) is 16.1 Å². The predicted octanol–water partition coefficient (Wildman–Crippen LogP) is 4.67. The zero-order chi connectivity index (χ0) is 17.4. The van der Waals surface area contributed by atoms with Gasteiger partial charge in [0.25, 0.3) is 5.19 Å². The van der Waals surface area contributed by atoms with Gasteiger partial charge in [-0.25, -0.2) is 4.79 Å². The molecule has 1 N–H and O–H groups in total. The zero-order valence-corrected chi connectivity index (χ0v) is 11.5. The maximum atomic E-state index is 12.7. The highest BCUT2D eigenvalue weighted by molar-refractivity contribution is 7.15. The standard InChI is InChI=1S/C12H5F6NO3S/c13-11(14,15)5-2-1-3-6(4-5)22-10-19-8(12(16,17)18)7(23-10)9(20)21/h1-4H,(H,20,21). The third-order valence-electron chi connectivity index (χ3n) is 2.44. The molecule has 0 fully saturated rings. The Morgan fingerprint density at radius 2 is 1.78 bits per heavy atom. The normalized spacial score (nSPS) is 12.3. The third-order valence-corrected chi connectivity index (χ3v) is 3.36. The Morgan fingerprint density at radius 1 is 1.13 bits per heavy atom. The van der Waals surface area contributed by atoms with Crippen molar-refractivity contribution in [3.05, 3.63) is 40.4 Å². The van der Waals surface area contributed by atoms with Crippen LogP contribution < -0.4 is 4.74 Å². The number of halogens is 6. The fraction of sp³-hybridized carbons (Fsp3) is 0.167. The minimum atomic E-state index is -5.03. The van der Waals surface area contributed by atoms with Crippen molar-refractivity contribution < 1.29 is 41.0 Å². The molecule has 0 atom stereocenters. The van der Waals surface area contributed by atoms with Gasteiger partial charge in [0.1, 0.15) is 10.6 Å². The van der Waals surface area contributed by atoms with Crippen LogP contribution in [0.4, 0.5) is 26.3 Å². The molecule has 0 saturated carbocycles. The van der Waals surface area contributed by atoms with Crippen LogP contribution in [0.1, 0.15) is 20.9 Å². The molecule has 0 spiro atoms. The summed E-state index contributed by atoms with van der Waals surface area (Å²) in [5, 5.41) is 8.00. The number of thiazole rings is 1. The number of hydrogen-bond donors (Lipinski definition) is 1. The van der Waals surface area contributed by atoms with Gasteiger partial charge < -0.3 is 9.84 Å². The number of ether oxygens (including phenoxy) is 1. The fourth-order valence-corrected chi connectivity index (χ4v) is 2.31. The van der Waals surface area contributed by atoms with Gasteiger partial charge in [0.15, 0.2) is 5.69 Å². The number of hydrogen-bond acceptors (Lipinski definition) is 4. The smallest absolute Gasteiger partial charge is 0.435 e. The van der Waals surface area contributed by atoms with Gasteiger partial charge >= 0.3 is 18.3 Å². The molecule has 0 aliphatic rings. The third kappa shape index (κ3) is 3.92. The molecule has 0 aliphatic heterocycles. The van der Waals surface area contributed by atoms with Crippen molar-refractivity contribution >= 4 is 17.3 Å². The van der Waals surface area contributed by atoms with Gasteiger partial charge in [-0.2, -0.15) is 31.3 Å². The van der Waals surface area contributed by atoms with E-state index in [1.165, 1.54) is 0 Å². The van der Waals surface area contributed by atoms with Gasteiger partial charge in [0, 0.05) is 0 Å². The second-order valence-electron chi connectivity index (χ2n) is 4.09. The van der Waals surface area contributed by atoms with Crippen LogP contribution in [0.25, 0.3) is 0 Å². The minimum Gasteiger partial charge on any atom is -0.477 e. The number of carbonyl (C=O) groups is 1. The SMILES string of the molecule is O=C(O)c1sc(Oc2cccc(C(F)(F)F)c2)nc1C(F)(F)F. The van der Waals surface area contributed by atoms with Crippen LogP contribution >= 0.6 is 11.3 Å².